The van der Waals surface area contributed by atoms with Crippen molar-refractivity contribution in [1.82, 2.24) is 10.2 Å². The van der Waals surface area contributed by atoms with Gasteiger partial charge >= 0.3 is 0 Å². The van der Waals surface area contributed by atoms with Crippen LogP contribution in [0.15, 0.2) is 0 Å². The third kappa shape index (κ3) is 2.49. The Morgan fingerprint density at radius 1 is 1.53 bits per heavy atom. The van der Waals surface area contributed by atoms with Gasteiger partial charge in [0.25, 0.3) is 0 Å². The van der Waals surface area contributed by atoms with Crippen LogP contribution >= 0.6 is 0 Å². The number of amides is 1. The predicted molar refractivity (Wildman–Crippen MR) is 59.4 cm³/mol. The zero-order valence-corrected chi connectivity index (χ0v) is 9.62. The summed E-state index contributed by atoms with van der Waals surface area (Å²) in [7, 11) is 0. The molecule has 1 saturated carbocycles. The smallest absolute Gasteiger partial charge is 0.234 e. The van der Waals surface area contributed by atoms with Crippen LogP contribution in [0, 0.1) is 5.92 Å². The molecule has 86 valence electrons. The molecule has 0 aromatic carbocycles. The zero-order chi connectivity index (χ0) is 11.1. The van der Waals surface area contributed by atoms with Crippen LogP contribution < -0.4 is 11.1 Å². The van der Waals surface area contributed by atoms with Crippen molar-refractivity contribution >= 4 is 5.91 Å². The van der Waals surface area contributed by atoms with E-state index in [0.29, 0.717) is 18.5 Å². The average molecular weight is 211 g/mol. The molecule has 4 nitrogen and oxygen atoms in total. The maximum Gasteiger partial charge on any atom is 0.234 e. The molecule has 1 aliphatic heterocycles. The number of carbonyl (C=O) groups excluding carboxylic acids is 1. The highest BCUT2D eigenvalue weighted by Gasteiger charge is 2.42. The van der Waals surface area contributed by atoms with Gasteiger partial charge in [-0.15, -0.1) is 0 Å². The van der Waals surface area contributed by atoms with Crippen LogP contribution in [-0.2, 0) is 4.79 Å². The van der Waals surface area contributed by atoms with Crippen molar-refractivity contribution in [2.45, 2.75) is 38.3 Å². The molecule has 3 N–H and O–H groups in total. The van der Waals surface area contributed by atoms with Crippen molar-refractivity contribution in [3.8, 4) is 0 Å². The largest absolute Gasteiger partial charge is 0.352 e. The van der Waals surface area contributed by atoms with Crippen LogP contribution in [0.1, 0.15) is 26.7 Å². The Morgan fingerprint density at radius 2 is 2.13 bits per heavy atom. The van der Waals surface area contributed by atoms with E-state index in [2.05, 4.69) is 24.1 Å². The number of hydrogen-bond donors (Lipinski definition) is 2. The van der Waals surface area contributed by atoms with Gasteiger partial charge in [-0.3, -0.25) is 9.69 Å². The molecule has 2 aliphatic rings. The van der Waals surface area contributed by atoms with Crippen LogP contribution in [0.3, 0.4) is 0 Å². The van der Waals surface area contributed by atoms with Gasteiger partial charge in [-0.2, -0.15) is 0 Å². The number of nitrogens with zero attached hydrogens (tertiary/aromatic N) is 1. The summed E-state index contributed by atoms with van der Waals surface area (Å²) >= 11 is 0. The van der Waals surface area contributed by atoms with E-state index in [-0.39, 0.29) is 11.4 Å². The van der Waals surface area contributed by atoms with Gasteiger partial charge in [0.2, 0.25) is 5.91 Å². The number of nitrogens with two attached hydrogens (primary N) is 1. The van der Waals surface area contributed by atoms with Gasteiger partial charge in [-0.1, -0.05) is 13.8 Å². The van der Waals surface area contributed by atoms with E-state index in [9.17, 15) is 4.79 Å². The molecule has 0 spiro atoms. The Kier molecular flexibility index (Phi) is 2.73. The molecule has 0 radical (unpaired) electrons. The third-order valence-corrected chi connectivity index (χ3v) is 3.50. The molecule has 15 heavy (non-hydrogen) atoms. The van der Waals surface area contributed by atoms with Crippen LogP contribution in [-0.4, -0.2) is 42.0 Å². The van der Waals surface area contributed by atoms with Gasteiger partial charge < -0.3 is 11.1 Å². The minimum atomic E-state index is -0.0696. The summed E-state index contributed by atoms with van der Waals surface area (Å²) < 4.78 is 0. The first-order valence-electron chi connectivity index (χ1n) is 5.80. The van der Waals surface area contributed by atoms with E-state index >= 15 is 0 Å². The van der Waals surface area contributed by atoms with Crippen molar-refractivity contribution in [2.75, 3.05) is 19.6 Å². The standard InChI is InChI=1S/C11H21N3O/c1-8(2)11(12)6-14(7-11)5-10(15)13-9-3-4-9/h8-9H,3-7,12H2,1-2H3,(H,13,15). The predicted octanol–water partition coefficient (Wildman–Crippen LogP) is -0.0659. The van der Waals surface area contributed by atoms with Crippen molar-refractivity contribution in [1.29, 1.82) is 0 Å². The van der Waals surface area contributed by atoms with Crippen molar-refractivity contribution in [3.05, 3.63) is 0 Å². The third-order valence-electron chi connectivity index (χ3n) is 3.50. The Bertz CT molecular complexity index is 255. The maximum absolute atomic E-state index is 11.5. The van der Waals surface area contributed by atoms with E-state index in [0.717, 1.165) is 25.9 Å². The lowest BCUT2D eigenvalue weighted by molar-refractivity contribution is -0.124. The molecule has 1 aliphatic carbocycles. The van der Waals surface area contributed by atoms with Gasteiger partial charge in [-0.25, -0.2) is 0 Å². The molecular formula is C11H21N3O. The fraction of sp³-hybridized carbons (Fsp3) is 0.909. The van der Waals surface area contributed by atoms with E-state index in [1.165, 1.54) is 0 Å². The maximum atomic E-state index is 11.5. The van der Waals surface area contributed by atoms with Crippen molar-refractivity contribution in [3.63, 3.8) is 0 Å². The molecule has 4 heteroatoms. The minimum Gasteiger partial charge on any atom is -0.352 e. The molecule has 0 unspecified atom stereocenters. The summed E-state index contributed by atoms with van der Waals surface area (Å²) in [6, 6.07) is 0.464. The minimum absolute atomic E-state index is 0.0696. The Morgan fingerprint density at radius 3 is 2.60 bits per heavy atom. The van der Waals surface area contributed by atoms with Crippen molar-refractivity contribution < 1.29 is 4.79 Å². The molecule has 1 amide bonds. The fourth-order valence-corrected chi connectivity index (χ4v) is 1.97. The van der Waals surface area contributed by atoms with Crippen LogP contribution in [0.25, 0.3) is 0 Å². The highest BCUT2D eigenvalue weighted by Crippen LogP contribution is 2.25. The molecule has 0 atom stereocenters. The van der Waals surface area contributed by atoms with E-state index in [4.69, 9.17) is 5.73 Å². The van der Waals surface area contributed by atoms with Crippen LogP contribution in [0.4, 0.5) is 0 Å². The molecule has 0 bridgehead atoms. The van der Waals surface area contributed by atoms with Crippen LogP contribution in [0.5, 0.6) is 0 Å². The molecule has 2 rings (SSSR count). The number of rotatable bonds is 4. The molecule has 1 heterocycles. The average Bonchev–Trinajstić information content (AvgIpc) is 2.84. The highest BCUT2D eigenvalue weighted by molar-refractivity contribution is 5.78. The summed E-state index contributed by atoms with van der Waals surface area (Å²) in [5.41, 5.74) is 6.08. The fourth-order valence-electron chi connectivity index (χ4n) is 1.97. The first kappa shape index (κ1) is 10.9. The number of carbonyl (C=O) groups is 1. The lowest BCUT2D eigenvalue weighted by Gasteiger charge is -2.50. The van der Waals surface area contributed by atoms with Crippen LogP contribution in [0.2, 0.25) is 0 Å². The lowest BCUT2D eigenvalue weighted by Crippen LogP contribution is -2.70. The topological polar surface area (TPSA) is 58.4 Å². The second kappa shape index (κ2) is 3.76. The number of likely N-dealkylation sites (tertiary alicyclic amines) is 1. The lowest BCUT2D eigenvalue weighted by atomic mass is 9.80. The SMILES string of the molecule is CC(C)C1(N)CN(CC(=O)NC2CC2)C1. The van der Waals surface area contributed by atoms with Gasteiger partial charge in [0.15, 0.2) is 0 Å². The Hall–Kier alpha value is -0.610. The second-order valence-electron chi connectivity index (χ2n) is 5.37. The summed E-state index contributed by atoms with van der Waals surface area (Å²) in [6.45, 7) is 6.50. The van der Waals surface area contributed by atoms with E-state index < -0.39 is 0 Å². The first-order chi connectivity index (χ1) is 6.99. The Balaban J connectivity index is 1.68. The Labute approximate surface area is 91.2 Å². The quantitative estimate of drug-likeness (QED) is 0.684. The first-order valence-corrected chi connectivity index (χ1v) is 5.80. The summed E-state index contributed by atoms with van der Waals surface area (Å²) in [6.07, 6.45) is 2.30. The second-order valence-corrected chi connectivity index (χ2v) is 5.37. The van der Waals surface area contributed by atoms with Gasteiger partial charge in [0.1, 0.15) is 0 Å². The summed E-state index contributed by atoms with van der Waals surface area (Å²) in [4.78, 5) is 13.6. The molecule has 0 aromatic rings. The monoisotopic (exact) mass is 211 g/mol. The number of nitrogens with one attached hydrogen (secondary N) is 1. The normalized spacial score (nSPS) is 25.1. The van der Waals surface area contributed by atoms with Crippen molar-refractivity contribution in [2.24, 2.45) is 11.7 Å². The van der Waals surface area contributed by atoms with Gasteiger partial charge in [-0.05, 0) is 18.8 Å². The highest BCUT2D eigenvalue weighted by atomic mass is 16.2. The van der Waals surface area contributed by atoms with Gasteiger partial charge in [0.05, 0.1) is 6.54 Å². The summed E-state index contributed by atoms with van der Waals surface area (Å²) in [5.74, 6) is 0.642. The zero-order valence-electron chi connectivity index (χ0n) is 9.62. The summed E-state index contributed by atoms with van der Waals surface area (Å²) in [5, 5.41) is 2.99. The molecular weight excluding hydrogens is 190 g/mol. The number of hydrogen-bond acceptors (Lipinski definition) is 3. The molecule has 1 saturated heterocycles. The molecule has 0 aromatic heterocycles. The van der Waals surface area contributed by atoms with Gasteiger partial charge in [0, 0.05) is 24.7 Å². The van der Waals surface area contributed by atoms with E-state index in [1.807, 2.05) is 0 Å². The van der Waals surface area contributed by atoms with E-state index in [1.54, 1.807) is 0 Å². The molecule has 2 fully saturated rings.